The van der Waals surface area contributed by atoms with Crippen LogP contribution in [0.5, 0.6) is 5.88 Å². The first-order valence-corrected chi connectivity index (χ1v) is 15.1. The molecule has 0 aromatic carbocycles. The number of hydrogen-bond acceptors (Lipinski definition) is 10. The van der Waals surface area contributed by atoms with Crippen molar-refractivity contribution in [1.29, 1.82) is 0 Å². The van der Waals surface area contributed by atoms with E-state index in [4.69, 9.17) is 20.2 Å². The molecule has 4 heterocycles. The molecule has 0 aliphatic carbocycles. The highest BCUT2D eigenvalue weighted by atomic mass is 32.2. The Labute approximate surface area is 229 Å². The summed E-state index contributed by atoms with van der Waals surface area (Å²) in [7, 11) is -3.10. The van der Waals surface area contributed by atoms with Gasteiger partial charge in [-0.3, -0.25) is 0 Å². The number of anilines is 2. The normalized spacial score (nSPS) is 19.6. The summed E-state index contributed by atoms with van der Waals surface area (Å²) in [5, 5.41) is 4.75. The van der Waals surface area contributed by atoms with Crippen molar-refractivity contribution in [2.45, 2.75) is 78.0 Å². The maximum absolute atomic E-state index is 12.3. The molecule has 0 spiro atoms. The van der Waals surface area contributed by atoms with E-state index < -0.39 is 15.4 Å². The fourth-order valence-corrected chi connectivity index (χ4v) is 5.39. The van der Waals surface area contributed by atoms with Crippen molar-refractivity contribution in [1.82, 2.24) is 15.0 Å². The lowest BCUT2D eigenvalue weighted by Crippen LogP contribution is -2.32. The number of cyclic esters (lactones) is 1. The van der Waals surface area contributed by atoms with Crippen LogP contribution in [0.1, 0.15) is 81.9 Å². The third-order valence-electron chi connectivity index (χ3n) is 7.50. The summed E-state index contributed by atoms with van der Waals surface area (Å²) in [6.07, 6.45) is 3.79. The van der Waals surface area contributed by atoms with Gasteiger partial charge in [0, 0.05) is 29.6 Å². The van der Waals surface area contributed by atoms with Crippen molar-refractivity contribution in [3.8, 4) is 5.88 Å². The van der Waals surface area contributed by atoms with Gasteiger partial charge in [0.1, 0.15) is 27.6 Å². The molecule has 0 radical (unpaired) electrons. The highest BCUT2D eigenvalue weighted by Crippen LogP contribution is 2.35. The Morgan fingerprint density at radius 3 is 2.59 bits per heavy atom. The van der Waals surface area contributed by atoms with E-state index in [9.17, 15) is 13.2 Å². The van der Waals surface area contributed by atoms with Crippen molar-refractivity contribution in [2.75, 3.05) is 16.8 Å². The van der Waals surface area contributed by atoms with Crippen LogP contribution in [-0.4, -0.2) is 53.1 Å². The Kier molecular flexibility index (Phi) is 8.13. The predicted molar refractivity (Wildman–Crippen MR) is 151 cm³/mol. The van der Waals surface area contributed by atoms with Gasteiger partial charge in [-0.2, -0.15) is 0 Å². The van der Waals surface area contributed by atoms with E-state index in [-0.39, 0.29) is 35.6 Å². The van der Waals surface area contributed by atoms with Gasteiger partial charge >= 0.3 is 5.97 Å². The molecule has 0 amide bonds. The predicted octanol–water partition coefficient (Wildman–Crippen LogP) is 4.61. The molecule has 39 heavy (non-hydrogen) atoms. The molecule has 1 unspecified atom stereocenters. The van der Waals surface area contributed by atoms with E-state index in [0.717, 1.165) is 10.9 Å². The number of sulfone groups is 1. The van der Waals surface area contributed by atoms with E-state index in [1.54, 1.807) is 31.5 Å². The maximum atomic E-state index is 12.3. The second-order valence-electron chi connectivity index (χ2n) is 10.5. The molecule has 0 bridgehead atoms. The van der Waals surface area contributed by atoms with Gasteiger partial charge in [-0.25, -0.2) is 28.2 Å². The zero-order chi connectivity index (χ0) is 28.5. The average molecular weight is 556 g/mol. The minimum Gasteiger partial charge on any atom is -0.474 e. The molecule has 1 aliphatic heterocycles. The van der Waals surface area contributed by atoms with Crippen molar-refractivity contribution in [2.24, 2.45) is 5.73 Å². The molecule has 0 saturated heterocycles. The van der Waals surface area contributed by atoms with Gasteiger partial charge in [-0.05, 0) is 62.8 Å². The summed E-state index contributed by atoms with van der Waals surface area (Å²) in [6, 6.07) is 5.32. The topological polar surface area (TPSA) is 146 Å². The standard InChI is InChI=1S/C28H37N5O5S/c1-7-28(6,29)22-15-31-26(37-16(3)11-12-39(35,36)8-2)21-14-30-24(13-20(21)22)32-23-10-9-19-25(33-23)17(4)18(5)38-27(19)34/h9-10,13-18H,7-8,11-12,29H2,1-6H3,(H,30,32,33)/t16-,17-,18-,28?/m0/s1. The number of carbonyl (C=O) groups is 1. The number of aromatic nitrogens is 3. The Balaban J connectivity index is 1.68. The summed E-state index contributed by atoms with van der Waals surface area (Å²) in [5.74, 6) is 1.20. The Morgan fingerprint density at radius 2 is 1.90 bits per heavy atom. The molecule has 4 rings (SSSR count). The van der Waals surface area contributed by atoms with Gasteiger partial charge < -0.3 is 20.5 Å². The highest BCUT2D eigenvalue weighted by Gasteiger charge is 2.31. The second-order valence-corrected chi connectivity index (χ2v) is 12.9. The van der Waals surface area contributed by atoms with Gasteiger partial charge in [0.05, 0.1) is 28.5 Å². The summed E-state index contributed by atoms with van der Waals surface area (Å²) in [4.78, 5) is 26.1. The third kappa shape index (κ3) is 6.14. The minimum atomic E-state index is -3.10. The lowest BCUT2D eigenvalue weighted by atomic mass is 9.88. The average Bonchev–Trinajstić information content (AvgIpc) is 2.90. The van der Waals surface area contributed by atoms with Crippen LogP contribution in [0.4, 0.5) is 11.6 Å². The molecular weight excluding hydrogens is 518 g/mol. The molecule has 1 aliphatic rings. The molecular formula is C28H37N5O5S. The zero-order valence-corrected chi connectivity index (χ0v) is 24.1. The lowest BCUT2D eigenvalue weighted by Gasteiger charge is -2.27. The van der Waals surface area contributed by atoms with Gasteiger partial charge in [-0.15, -0.1) is 0 Å². The van der Waals surface area contributed by atoms with Crippen LogP contribution < -0.4 is 15.8 Å². The van der Waals surface area contributed by atoms with Crippen LogP contribution in [0, 0.1) is 0 Å². The minimum absolute atomic E-state index is 0.0433. The molecule has 10 nitrogen and oxygen atoms in total. The number of carbonyl (C=O) groups excluding carboxylic acids is 1. The Hall–Kier alpha value is -3.31. The van der Waals surface area contributed by atoms with Gasteiger partial charge in [0.15, 0.2) is 0 Å². The number of nitrogens with zero attached hydrogens (tertiary/aromatic N) is 3. The molecule has 3 aromatic heterocycles. The van der Waals surface area contributed by atoms with Crippen molar-refractivity contribution < 1.29 is 22.7 Å². The summed E-state index contributed by atoms with van der Waals surface area (Å²) < 4.78 is 35.4. The van der Waals surface area contributed by atoms with Gasteiger partial charge in [-0.1, -0.05) is 20.8 Å². The van der Waals surface area contributed by atoms with Crippen LogP contribution in [0.3, 0.4) is 0 Å². The first kappa shape index (κ1) is 28.7. The molecule has 4 atom stereocenters. The van der Waals surface area contributed by atoms with E-state index in [1.165, 1.54) is 0 Å². The van der Waals surface area contributed by atoms with Crippen LogP contribution in [-0.2, 0) is 20.1 Å². The summed E-state index contributed by atoms with van der Waals surface area (Å²) >= 11 is 0. The van der Waals surface area contributed by atoms with E-state index >= 15 is 0 Å². The van der Waals surface area contributed by atoms with E-state index in [0.29, 0.717) is 47.0 Å². The Morgan fingerprint density at radius 1 is 1.15 bits per heavy atom. The van der Waals surface area contributed by atoms with Crippen LogP contribution >= 0.6 is 0 Å². The fraction of sp³-hybridized carbons (Fsp3) is 0.500. The van der Waals surface area contributed by atoms with Crippen molar-refractivity contribution in [3.63, 3.8) is 0 Å². The lowest BCUT2D eigenvalue weighted by molar-refractivity contribution is 0.0235. The van der Waals surface area contributed by atoms with E-state index in [2.05, 4.69) is 15.3 Å². The molecule has 0 fully saturated rings. The van der Waals surface area contributed by atoms with E-state index in [1.807, 2.05) is 40.7 Å². The number of esters is 1. The third-order valence-corrected chi connectivity index (χ3v) is 9.24. The van der Waals surface area contributed by atoms with Crippen molar-refractivity contribution >= 4 is 38.2 Å². The molecule has 210 valence electrons. The van der Waals surface area contributed by atoms with Crippen LogP contribution in [0.2, 0.25) is 0 Å². The number of ether oxygens (including phenoxy) is 2. The molecule has 3 aromatic rings. The zero-order valence-electron chi connectivity index (χ0n) is 23.3. The fourth-order valence-electron chi connectivity index (χ4n) is 4.41. The maximum Gasteiger partial charge on any atom is 0.340 e. The quantitative estimate of drug-likeness (QED) is 0.340. The summed E-state index contributed by atoms with van der Waals surface area (Å²) in [6.45, 7) is 11.3. The first-order valence-electron chi connectivity index (χ1n) is 13.3. The van der Waals surface area contributed by atoms with Gasteiger partial charge in [0.2, 0.25) is 5.88 Å². The number of nitrogens with one attached hydrogen (secondary N) is 1. The number of rotatable bonds is 10. The second kappa shape index (κ2) is 11.1. The monoisotopic (exact) mass is 555 g/mol. The highest BCUT2D eigenvalue weighted by molar-refractivity contribution is 7.91. The largest absolute Gasteiger partial charge is 0.474 e. The van der Waals surface area contributed by atoms with Crippen molar-refractivity contribution in [3.05, 3.63) is 47.4 Å². The number of pyridine rings is 3. The SMILES string of the molecule is CCC(C)(N)c1cnc(O[C@@H](C)CCS(=O)(=O)CC)c2cnc(Nc3ccc4c(n3)[C@@H](C)[C@H](C)OC4=O)cc12. The molecule has 3 N–H and O–H groups in total. The smallest absolute Gasteiger partial charge is 0.340 e. The van der Waals surface area contributed by atoms with Crippen LogP contribution in [0.15, 0.2) is 30.6 Å². The number of fused-ring (bicyclic) bond motifs is 2. The first-order chi connectivity index (χ1) is 18.3. The Bertz CT molecular complexity index is 1490. The number of hydrogen-bond donors (Lipinski definition) is 2. The summed E-state index contributed by atoms with van der Waals surface area (Å²) in [5.41, 5.74) is 7.98. The van der Waals surface area contributed by atoms with Crippen LogP contribution in [0.25, 0.3) is 10.8 Å². The molecule has 11 heteroatoms. The number of nitrogens with two attached hydrogens (primary N) is 1. The van der Waals surface area contributed by atoms with Gasteiger partial charge in [0.25, 0.3) is 0 Å². The molecule has 0 saturated carbocycles.